The van der Waals surface area contributed by atoms with E-state index in [0.717, 1.165) is 13.1 Å². The van der Waals surface area contributed by atoms with Gasteiger partial charge in [-0.3, -0.25) is 9.89 Å². The van der Waals surface area contributed by atoms with Gasteiger partial charge in [0.25, 0.3) is 5.91 Å². The molecule has 8 heteroatoms. The molecule has 1 fully saturated rings. The second kappa shape index (κ2) is 4.22. The Balaban J connectivity index is 1.76. The van der Waals surface area contributed by atoms with Crippen LogP contribution in [0, 0.1) is 6.92 Å². The number of carbonyl (C=O) groups excluding carboxylic acids is 1. The molecule has 3 rings (SSSR count). The molecule has 1 aliphatic heterocycles. The predicted molar refractivity (Wildman–Crippen MR) is 63.2 cm³/mol. The lowest BCUT2D eigenvalue weighted by Gasteiger charge is -2.28. The molecule has 0 unspecified atom stereocenters. The molecular formula is C10H13N7O. The molecule has 2 aromatic rings. The second-order valence-electron chi connectivity index (χ2n) is 4.17. The third-order valence-corrected chi connectivity index (χ3v) is 2.82. The Morgan fingerprint density at radius 1 is 1.56 bits per heavy atom. The number of H-pyrrole nitrogens is 1. The highest BCUT2D eigenvalue weighted by Crippen LogP contribution is 2.17. The van der Waals surface area contributed by atoms with Crippen molar-refractivity contribution in [2.24, 2.45) is 0 Å². The fraction of sp³-hybridized carbons (Fsp3) is 0.400. The van der Waals surface area contributed by atoms with E-state index in [0.29, 0.717) is 17.7 Å². The maximum Gasteiger partial charge on any atom is 0.296 e. The van der Waals surface area contributed by atoms with Crippen LogP contribution in [0.15, 0.2) is 12.3 Å². The van der Waals surface area contributed by atoms with Crippen LogP contribution in [0.5, 0.6) is 0 Å². The molecule has 0 aliphatic carbocycles. The molecule has 0 aromatic carbocycles. The lowest BCUT2D eigenvalue weighted by Crippen LogP contribution is -2.44. The number of rotatable bonds is 3. The monoisotopic (exact) mass is 247 g/mol. The zero-order valence-corrected chi connectivity index (χ0v) is 9.84. The van der Waals surface area contributed by atoms with E-state index >= 15 is 0 Å². The molecule has 1 amide bonds. The Morgan fingerprint density at radius 2 is 2.39 bits per heavy atom. The Hall–Kier alpha value is -2.22. The van der Waals surface area contributed by atoms with Gasteiger partial charge in [0.05, 0.1) is 12.2 Å². The zero-order valence-electron chi connectivity index (χ0n) is 9.84. The van der Waals surface area contributed by atoms with Crippen LogP contribution in [0.25, 0.3) is 0 Å². The van der Waals surface area contributed by atoms with Crippen LogP contribution >= 0.6 is 0 Å². The molecular weight excluding hydrogens is 234 g/mol. The average molecular weight is 247 g/mol. The highest BCUT2D eigenvalue weighted by Gasteiger charge is 2.23. The predicted octanol–water partition coefficient (Wildman–Crippen LogP) is -0.294. The SMILES string of the molecule is Cc1nc(C(=O)Nc2ccnn2C2CNC2)n[nH]1. The molecule has 1 saturated heterocycles. The van der Waals surface area contributed by atoms with Crippen LogP contribution in [0.3, 0.4) is 0 Å². The van der Waals surface area contributed by atoms with Gasteiger partial charge in [-0.15, -0.1) is 5.10 Å². The van der Waals surface area contributed by atoms with E-state index in [-0.39, 0.29) is 11.7 Å². The fourth-order valence-corrected chi connectivity index (χ4v) is 1.77. The van der Waals surface area contributed by atoms with Gasteiger partial charge in [-0.2, -0.15) is 5.10 Å². The number of hydrogen-bond donors (Lipinski definition) is 3. The number of anilines is 1. The van der Waals surface area contributed by atoms with Gasteiger partial charge in [0.2, 0.25) is 5.82 Å². The molecule has 0 saturated carbocycles. The first-order valence-electron chi connectivity index (χ1n) is 5.68. The van der Waals surface area contributed by atoms with Crippen molar-refractivity contribution in [1.82, 2.24) is 30.3 Å². The smallest absolute Gasteiger partial charge is 0.296 e. The van der Waals surface area contributed by atoms with Gasteiger partial charge in [-0.1, -0.05) is 0 Å². The van der Waals surface area contributed by atoms with E-state index in [1.54, 1.807) is 23.9 Å². The summed E-state index contributed by atoms with van der Waals surface area (Å²) in [6.45, 7) is 3.47. The second-order valence-corrected chi connectivity index (χ2v) is 4.17. The number of aryl methyl sites for hydroxylation is 1. The van der Waals surface area contributed by atoms with E-state index in [2.05, 4.69) is 30.9 Å². The summed E-state index contributed by atoms with van der Waals surface area (Å²) in [4.78, 5) is 15.9. The summed E-state index contributed by atoms with van der Waals surface area (Å²) in [5.74, 6) is 1.06. The van der Waals surface area contributed by atoms with Crippen molar-refractivity contribution >= 4 is 11.7 Å². The maximum atomic E-state index is 11.9. The van der Waals surface area contributed by atoms with Crippen LogP contribution < -0.4 is 10.6 Å². The Kier molecular flexibility index (Phi) is 2.56. The number of aromatic nitrogens is 5. The van der Waals surface area contributed by atoms with Crippen LogP contribution in [-0.4, -0.2) is 44.0 Å². The van der Waals surface area contributed by atoms with Crippen LogP contribution in [0.4, 0.5) is 5.82 Å². The summed E-state index contributed by atoms with van der Waals surface area (Å²) in [6, 6.07) is 2.06. The van der Waals surface area contributed by atoms with Gasteiger partial charge in [0, 0.05) is 19.2 Å². The molecule has 8 nitrogen and oxygen atoms in total. The van der Waals surface area contributed by atoms with Gasteiger partial charge in [-0.25, -0.2) is 9.67 Å². The lowest BCUT2D eigenvalue weighted by atomic mass is 10.2. The van der Waals surface area contributed by atoms with Crippen molar-refractivity contribution in [1.29, 1.82) is 0 Å². The average Bonchev–Trinajstić information content (AvgIpc) is 2.86. The highest BCUT2D eigenvalue weighted by atomic mass is 16.2. The number of nitrogens with zero attached hydrogens (tertiary/aromatic N) is 4. The van der Waals surface area contributed by atoms with Gasteiger partial charge in [0.1, 0.15) is 11.6 Å². The first kappa shape index (κ1) is 10.9. The van der Waals surface area contributed by atoms with Gasteiger partial charge < -0.3 is 10.6 Å². The lowest BCUT2D eigenvalue weighted by molar-refractivity contribution is 0.101. The van der Waals surface area contributed by atoms with E-state index in [9.17, 15) is 4.79 Å². The highest BCUT2D eigenvalue weighted by molar-refractivity contribution is 6.00. The first-order valence-corrected chi connectivity index (χ1v) is 5.68. The molecule has 0 radical (unpaired) electrons. The number of hydrogen-bond acceptors (Lipinski definition) is 5. The maximum absolute atomic E-state index is 11.9. The van der Waals surface area contributed by atoms with E-state index < -0.39 is 0 Å². The minimum Gasteiger partial charge on any atom is -0.312 e. The number of nitrogens with one attached hydrogen (secondary N) is 3. The minimum atomic E-state index is -0.339. The molecule has 0 spiro atoms. The standard InChI is InChI=1S/C10H13N7O/c1-6-13-9(16-15-6)10(18)14-8-2-3-12-17(8)7-4-11-5-7/h2-3,7,11H,4-5H2,1H3,(H,14,18)(H,13,15,16). The molecule has 94 valence electrons. The van der Waals surface area contributed by atoms with Crippen LogP contribution in [-0.2, 0) is 0 Å². The van der Waals surface area contributed by atoms with Crippen LogP contribution in [0.1, 0.15) is 22.5 Å². The summed E-state index contributed by atoms with van der Waals surface area (Å²) in [6.07, 6.45) is 1.66. The first-order chi connectivity index (χ1) is 8.74. The van der Waals surface area contributed by atoms with Crippen LogP contribution in [0.2, 0.25) is 0 Å². The van der Waals surface area contributed by atoms with Crippen molar-refractivity contribution in [3.05, 3.63) is 23.9 Å². The quantitative estimate of drug-likeness (QED) is 0.691. The summed E-state index contributed by atoms with van der Waals surface area (Å²) in [5, 5.41) is 16.6. The third-order valence-electron chi connectivity index (χ3n) is 2.82. The van der Waals surface area contributed by atoms with Crippen molar-refractivity contribution in [3.63, 3.8) is 0 Å². The third kappa shape index (κ3) is 1.86. The largest absolute Gasteiger partial charge is 0.312 e. The molecule has 0 bridgehead atoms. The Bertz CT molecular complexity index is 568. The number of amides is 1. The normalized spacial score (nSPS) is 15.4. The van der Waals surface area contributed by atoms with E-state index in [4.69, 9.17) is 0 Å². The van der Waals surface area contributed by atoms with E-state index in [1.807, 2.05) is 0 Å². The summed E-state index contributed by atoms with van der Waals surface area (Å²) >= 11 is 0. The number of carbonyl (C=O) groups is 1. The molecule has 3 heterocycles. The fourth-order valence-electron chi connectivity index (χ4n) is 1.77. The number of aromatic amines is 1. The molecule has 18 heavy (non-hydrogen) atoms. The summed E-state index contributed by atoms with van der Waals surface area (Å²) in [7, 11) is 0. The van der Waals surface area contributed by atoms with Crippen molar-refractivity contribution in [2.75, 3.05) is 18.4 Å². The zero-order chi connectivity index (χ0) is 12.5. The molecule has 1 aliphatic rings. The molecule has 3 N–H and O–H groups in total. The van der Waals surface area contributed by atoms with Crippen molar-refractivity contribution in [2.45, 2.75) is 13.0 Å². The topological polar surface area (TPSA) is 101 Å². The van der Waals surface area contributed by atoms with Gasteiger partial charge in [0.15, 0.2) is 0 Å². The van der Waals surface area contributed by atoms with Gasteiger partial charge >= 0.3 is 0 Å². The Labute approximate surface area is 103 Å². The van der Waals surface area contributed by atoms with Crippen molar-refractivity contribution in [3.8, 4) is 0 Å². The minimum absolute atomic E-state index is 0.131. The summed E-state index contributed by atoms with van der Waals surface area (Å²) < 4.78 is 1.80. The van der Waals surface area contributed by atoms with Crippen molar-refractivity contribution < 1.29 is 4.79 Å². The molecule has 2 aromatic heterocycles. The molecule has 0 atom stereocenters. The Morgan fingerprint density at radius 3 is 3.00 bits per heavy atom. The van der Waals surface area contributed by atoms with Gasteiger partial charge in [-0.05, 0) is 6.92 Å². The summed E-state index contributed by atoms with van der Waals surface area (Å²) in [5.41, 5.74) is 0. The van der Waals surface area contributed by atoms with E-state index in [1.165, 1.54) is 0 Å².